The van der Waals surface area contributed by atoms with Gasteiger partial charge < -0.3 is 10.1 Å². The lowest BCUT2D eigenvalue weighted by Gasteiger charge is -2.56. The van der Waals surface area contributed by atoms with Crippen LogP contribution in [0.25, 0.3) is 0 Å². The average Bonchev–Trinajstić information content (AvgIpc) is 2.86. The van der Waals surface area contributed by atoms with E-state index >= 15 is 0 Å². The highest BCUT2D eigenvalue weighted by atomic mass is 35.5. The Labute approximate surface area is 227 Å². The molecule has 2 aromatic carbocycles. The Morgan fingerprint density at radius 2 is 1.68 bits per heavy atom. The molecule has 7 rings (SSSR count). The summed E-state index contributed by atoms with van der Waals surface area (Å²) in [5.41, 5.74) is 1.40. The Morgan fingerprint density at radius 1 is 1.03 bits per heavy atom. The summed E-state index contributed by atoms with van der Waals surface area (Å²) in [5.74, 6) is 2.13. The van der Waals surface area contributed by atoms with Gasteiger partial charge in [-0.2, -0.15) is 0 Å². The van der Waals surface area contributed by atoms with Gasteiger partial charge in [-0.05, 0) is 92.7 Å². The summed E-state index contributed by atoms with van der Waals surface area (Å²) < 4.78 is 6.61. The molecule has 1 atom stereocenters. The van der Waals surface area contributed by atoms with Crippen molar-refractivity contribution in [2.45, 2.75) is 55.8 Å². The van der Waals surface area contributed by atoms with E-state index < -0.39 is 5.25 Å². The van der Waals surface area contributed by atoms with Crippen molar-refractivity contribution in [1.29, 1.82) is 0 Å². The van der Waals surface area contributed by atoms with E-state index in [-0.39, 0.29) is 23.8 Å². The maximum Gasteiger partial charge on any atom is 0.238 e. The highest BCUT2D eigenvalue weighted by molar-refractivity contribution is 8.15. The van der Waals surface area contributed by atoms with Crippen molar-refractivity contribution in [2.24, 2.45) is 22.7 Å². The Morgan fingerprint density at radius 3 is 2.32 bits per heavy atom. The monoisotopic (exact) mass is 537 g/mol. The number of benzene rings is 2. The summed E-state index contributed by atoms with van der Waals surface area (Å²) in [5, 5.41) is 3.49. The molecule has 1 N–H and O–H groups in total. The number of ether oxygens (including phenoxy) is 1. The number of halogens is 1. The molecule has 194 valence electrons. The Balaban J connectivity index is 1.15. The summed E-state index contributed by atoms with van der Waals surface area (Å²) in [6.45, 7) is 0.943. The third-order valence-corrected chi connectivity index (χ3v) is 9.67. The van der Waals surface area contributed by atoms with E-state index in [1.54, 1.807) is 29.2 Å². The zero-order chi connectivity index (χ0) is 25.4. The highest BCUT2D eigenvalue weighted by Crippen LogP contribution is 2.57. The van der Waals surface area contributed by atoms with Gasteiger partial charge in [0.1, 0.15) is 5.25 Å². The van der Waals surface area contributed by atoms with Gasteiger partial charge in [0.25, 0.3) is 0 Å². The minimum atomic E-state index is -0.564. The molecule has 4 aliphatic carbocycles. The highest BCUT2D eigenvalue weighted by Gasteiger charge is 2.51. The van der Waals surface area contributed by atoms with Gasteiger partial charge in [-0.15, -0.1) is 0 Å². The maximum absolute atomic E-state index is 13.3. The molecule has 1 saturated heterocycles. The minimum absolute atomic E-state index is 0.00152. The lowest BCUT2D eigenvalue weighted by Crippen LogP contribution is -2.53. The fourth-order valence-electron chi connectivity index (χ4n) is 6.99. The van der Waals surface area contributed by atoms with Crippen LogP contribution >= 0.6 is 23.4 Å². The molecule has 2 aromatic rings. The SMILES string of the molecule is O=C(Nc1ccc(Cl)cc1)C1CC(=O)N(CCOC23CC4CC(CC(C4)C2)C3)C(=Nc2ccccc2)S1. The van der Waals surface area contributed by atoms with E-state index in [4.69, 9.17) is 21.3 Å². The molecule has 37 heavy (non-hydrogen) atoms. The van der Waals surface area contributed by atoms with E-state index in [0.717, 1.165) is 23.4 Å². The number of nitrogens with zero attached hydrogens (tertiary/aromatic N) is 2. The summed E-state index contributed by atoms with van der Waals surface area (Å²) >= 11 is 7.30. The molecule has 5 aliphatic rings. The van der Waals surface area contributed by atoms with Crippen LogP contribution in [-0.4, -0.2) is 45.9 Å². The first-order valence-corrected chi connectivity index (χ1v) is 14.5. The molecule has 6 nitrogen and oxygen atoms in total. The van der Waals surface area contributed by atoms with Crippen LogP contribution in [0.15, 0.2) is 59.6 Å². The van der Waals surface area contributed by atoms with Crippen molar-refractivity contribution < 1.29 is 14.3 Å². The molecule has 1 aliphatic heterocycles. The fourth-order valence-corrected chi connectivity index (χ4v) is 8.24. The standard InChI is InChI=1S/C29H32ClN3O3S/c30-22-6-8-24(9-7-22)31-27(35)25-15-26(34)33(28(37-25)32-23-4-2-1-3-5-23)10-11-36-29-16-19-12-20(17-29)14-21(13-19)18-29/h1-9,19-21,25H,10-18H2,(H,31,35). The molecule has 4 bridgehead atoms. The number of para-hydroxylation sites is 1. The Bertz CT molecular complexity index is 1150. The van der Waals surface area contributed by atoms with Crippen LogP contribution in [0.4, 0.5) is 11.4 Å². The number of carbonyl (C=O) groups is 2. The zero-order valence-electron chi connectivity index (χ0n) is 20.8. The molecular formula is C29H32ClN3O3S. The normalized spacial score (nSPS) is 31.6. The van der Waals surface area contributed by atoms with E-state index in [2.05, 4.69) is 5.32 Å². The molecule has 1 heterocycles. The van der Waals surface area contributed by atoms with E-state index in [1.807, 2.05) is 30.3 Å². The number of rotatable bonds is 7. The Kier molecular flexibility index (Phi) is 7.03. The summed E-state index contributed by atoms with van der Waals surface area (Å²) in [6.07, 6.45) is 7.74. The van der Waals surface area contributed by atoms with E-state index in [0.29, 0.717) is 29.0 Å². The number of anilines is 1. The van der Waals surface area contributed by atoms with Crippen LogP contribution in [0, 0.1) is 17.8 Å². The molecular weight excluding hydrogens is 506 g/mol. The second-order valence-electron chi connectivity index (χ2n) is 11.0. The topological polar surface area (TPSA) is 71.0 Å². The summed E-state index contributed by atoms with van der Waals surface area (Å²) in [4.78, 5) is 32.9. The largest absolute Gasteiger partial charge is 0.373 e. The number of amidine groups is 1. The van der Waals surface area contributed by atoms with Gasteiger partial charge in [0.15, 0.2) is 5.17 Å². The van der Waals surface area contributed by atoms with E-state index in [1.165, 1.54) is 50.3 Å². The van der Waals surface area contributed by atoms with Crippen LogP contribution < -0.4 is 5.32 Å². The van der Waals surface area contributed by atoms with Gasteiger partial charge in [0, 0.05) is 17.1 Å². The van der Waals surface area contributed by atoms with Gasteiger partial charge in [0.2, 0.25) is 11.8 Å². The molecule has 0 aromatic heterocycles. The van der Waals surface area contributed by atoms with Gasteiger partial charge in [-0.3, -0.25) is 14.5 Å². The second kappa shape index (κ2) is 10.4. The van der Waals surface area contributed by atoms with Crippen LogP contribution in [-0.2, 0) is 14.3 Å². The van der Waals surface area contributed by atoms with Crippen molar-refractivity contribution in [3.63, 3.8) is 0 Å². The Hall–Kier alpha value is -2.35. The third-order valence-electron chi connectivity index (χ3n) is 8.23. The number of thioether (sulfide) groups is 1. The van der Waals surface area contributed by atoms with Crippen LogP contribution in [0.3, 0.4) is 0 Å². The molecule has 4 saturated carbocycles. The van der Waals surface area contributed by atoms with Gasteiger partial charge in [-0.25, -0.2) is 4.99 Å². The first kappa shape index (κ1) is 25.0. The van der Waals surface area contributed by atoms with Crippen molar-refractivity contribution in [2.75, 3.05) is 18.5 Å². The third kappa shape index (κ3) is 5.59. The van der Waals surface area contributed by atoms with Crippen molar-refractivity contribution >= 4 is 51.7 Å². The first-order valence-electron chi connectivity index (χ1n) is 13.3. The lowest BCUT2D eigenvalue weighted by molar-refractivity contribution is -0.164. The smallest absolute Gasteiger partial charge is 0.238 e. The van der Waals surface area contributed by atoms with Crippen LogP contribution in [0.2, 0.25) is 5.02 Å². The summed E-state index contributed by atoms with van der Waals surface area (Å²) in [6, 6.07) is 16.5. The minimum Gasteiger partial charge on any atom is -0.373 e. The lowest BCUT2D eigenvalue weighted by atomic mass is 9.54. The summed E-state index contributed by atoms with van der Waals surface area (Å²) in [7, 11) is 0. The quantitative estimate of drug-likeness (QED) is 0.451. The number of amides is 2. The number of nitrogens with one attached hydrogen (secondary N) is 1. The van der Waals surface area contributed by atoms with Crippen LogP contribution in [0.1, 0.15) is 44.9 Å². The fraction of sp³-hybridized carbons (Fsp3) is 0.483. The van der Waals surface area contributed by atoms with Crippen molar-refractivity contribution in [3.8, 4) is 0 Å². The first-order chi connectivity index (χ1) is 17.9. The molecule has 8 heteroatoms. The predicted molar refractivity (Wildman–Crippen MR) is 148 cm³/mol. The zero-order valence-corrected chi connectivity index (χ0v) is 22.3. The molecule has 5 fully saturated rings. The molecule has 2 amide bonds. The van der Waals surface area contributed by atoms with Gasteiger partial charge in [-0.1, -0.05) is 41.6 Å². The van der Waals surface area contributed by atoms with Gasteiger partial charge in [0.05, 0.1) is 24.4 Å². The number of hydrogen-bond donors (Lipinski definition) is 1. The number of carbonyl (C=O) groups excluding carboxylic acids is 2. The number of hydrogen-bond acceptors (Lipinski definition) is 5. The number of aliphatic imine (C=N–C) groups is 1. The molecule has 0 radical (unpaired) electrons. The molecule has 0 spiro atoms. The maximum atomic E-state index is 13.3. The predicted octanol–water partition coefficient (Wildman–Crippen LogP) is 6.29. The van der Waals surface area contributed by atoms with Gasteiger partial charge >= 0.3 is 0 Å². The van der Waals surface area contributed by atoms with Crippen molar-refractivity contribution in [1.82, 2.24) is 4.90 Å². The average molecular weight is 538 g/mol. The molecule has 1 unspecified atom stereocenters. The van der Waals surface area contributed by atoms with Crippen LogP contribution in [0.5, 0.6) is 0 Å². The second-order valence-corrected chi connectivity index (χ2v) is 12.6. The van der Waals surface area contributed by atoms with E-state index in [9.17, 15) is 9.59 Å². The van der Waals surface area contributed by atoms with Crippen molar-refractivity contribution in [3.05, 3.63) is 59.6 Å².